The van der Waals surface area contributed by atoms with E-state index < -0.39 is 5.97 Å². The number of benzene rings is 3. The van der Waals surface area contributed by atoms with Crippen molar-refractivity contribution < 1.29 is 18.8 Å². The van der Waals surface area contributed by atoms with E-state index in [2.05, 4.69) is 10.5 Å². The molecule has 146 valence electrons. The Bertz CT molecular complexity index is 1180. The summed E-state index contributed by atoms with van der Waals surface area (Å²) in [6.45, 7) is 1.56. The Kier molecular flexibility index (Phi) is 5.24. The summed E-state index contributed by atoms with van der Waals surface area (Å²) in [5.74, 6) is -0.888. The molecule has 3 aromatic carbocycles. The lowest BCUT2D eigenvalue weighted by Crippen LogP contribution is -2.31. The van der Waals surface area contributed by atoms with Gasteiger partial charge in [0.05, 0.1) is 12.5 Å². The fraction of sp³-hybridized carbons (Fsp3) is 0.174. The first kappa shape index (κ1) is 18.7. The maximum atomic E-state index is 12.3. The molecule has 0 radical (unpaired) electrons. The van der Waals surface area contributed by atoms with Crippen molar-refractivity contribution in [3.8, 4) is 0 Å². The molecule has 0 saturated carbocycles. The first-order valence-corrected chi connectivity index (χ1v) is 9.38. The van der Waals surface area contributed by atoms with Gasteiger partial charge in [0, 0.05) is 5.39 Å². The minimum Gasteiger partial charge on any atom is -0.455 e. The van der Waals surface area contributed by atoms with Crippen LogP contribution in [0.2, 0.25) is 0 Å². The number of esters is 1. The zero-order valence-electron chi connectivity index (χ0n) is 15.9. The minimum absolute atomic E-state index is 0.0524. The second-order valence-electron chi connectivity index (χ2n) is 6.82. The van der Waals surface area contributed by atoms with Gasteiger partial charge in [0.25, 0.3) is 5.91 Å². The van der Waals surface area contributed by atoms with Gasteiger partial charge in [-0.3, -0.25) is 9.59 Å². The van der Waals surface area contributed by atoms with E-state index in [9.17, 15) is 9.59 Å². The smallest absolute Gasteiger partial charge is 0.312 e. The van der Waals surface area contributed by atoms with E-state index in [4.69, 9.17) is 9.26 Å². The largest absolute Gasteiger partial charge is 0.455 e. The van der Waals surface area contributed by atoms with Gasteiger partial charge < -0.3 is 14.6 Å². The van der Waals surface area contributed by atoms with Crippen LogP contribution in [0.15, 0.2) is 71.3 Å². The van der Waals surface area contributed by atoms with Crippen LogP contribution < -0.4 is 5.32 Å². The first-order valence-electron chi connectivity index (χ1n) is 9.38. The predicted octanol–water partition coefficient (Wildman–Crippen LogP) is 3.94. The highest BCUT2D eigenvalue weighted by molar-refractivity contribution is 5.88. The van der Waals surface area contributed by atoms with Crippen molar-refractivity contribution in [2.45, 2.75) is 19.4 Å². The van der Waals surface area contributed by atoms with Gasteiger partial charge in [-0.2, -0.15) is 0 Å². The Morgan fingerprint density at radius 3 is 2.59 bits per heavy atom. The summed E-state index contributed by atoms with van der Waals surface area (Å²) in [6.07, 6.45) is -0.0524. The number of ether oxygens (including phenoxy) is 1. The number of hydrogen-bond donors (Lipinski definition) is 1. The molecular weight excluding hydrogens is 368 g/mol. The first-order chi connectivity index (χ1) is 14.1. The lowest BCUT2D eigenvalue weighted by atomic mass is 10.00. The van der Waals surface area contributed by atoms with E-state index in [0.717, 1.165) is 21.7 Å². The van der Waals surface area contributed by atoms with Crippen molar-refractivity contribution in [3.05, 3.63) is 78.0 Å². The van der Waals surface area contributed by atoms with Crippen LogP contribution in [-0.4, -0.2) is 23.6 Å². The highest BCUT2D eigenvalue weighted by Gasteiger charge is 2.16. The molecule has 4 rings (SSSR count). The minimum atomic E-state index is -0.531. The standard InChI is InChI=1S/C23H20N2O4/c1-15(17-11-6-8-16-7-2-3-9-18(16)17)24-22(26)14-28-23(27)13-20-19-10-4-5-12-21(19)29-25-20/h2-12,15H,13-14H2,1H3,(H,24,26)/t15-/m1/s1. The van der Waals surface area contributed by atoms with Crippen LogP contribution in [0.1, 0.15) is 24.2 Å². The van der Waals surface area contributed by atoms with Gasteiger partial charge in [-0.25, -0.2) is 0 Å². The number of amides is 1. The summed E-state index contributed by atoms with van der Waals surface area (Å²) in [4.78, 5) is 24.4. The molecule has 0 aliphatic heterocycles. The van der Waals surface area contributed by atoms with E-state index in [1.807, 2.05) is 67.6 Å². The van der Waals surface area contributed by atoms with Gasteiger partial charge in [0.2, 0.25) is 0 Å². The van der Waals surface area contributed by atoms with Crippen LogP contribution >= 0.6 is 0 Å². The molecule has 1 heterocycles. The maximum absolute atomic E-state index is 12.3. The van der Waals surface area contributed by atoms with Gasteiger partial charge in [0.1, 0.15) is 5.69 Å². The van der Waals surface area contributed by atoms with Gasteiger partial charge in [-0.05, 0) is 35.4 Å². The molecule has 29 heavy (non-hydrogen) atoms. The molecule has 6 nitrogen and oxygen atoms in total. The van der Waals surface area contributed by atoms with Gasteiger partial charge in [-0.1, -0.05) is 59.8 Å². The van der Waals surface area contributed by atoms with Crippen LogP contribution in [0.4, 0.5) is 0 Å². The monoisotopic (exact) mass is 388 g/mol. The van der Waals surface area contributed by atoms with Crippen molar-refractivity contribution in [3.63, 3.8) is 0 Å². The fourth-order valence-corrected chi connectivity index (χ4v) is 3.39. The number of rotatable bonds is 6. The SMILES string of the molecule is C[C@@H](NC(=O)COC(=O)Cc1noc2ccccc12)c1cccc2ccccc12. The number of aromatic nitrogens is 1. The summed E-state index contributed by atoms with van der Waals surface area (Å²) in [7, 11) is 0. The van der Waals surface area contributed by atoms with Crippen LogP contribution in [-0.2, 0) is 20.7 Å². The van der Waals surface area contributed by atoms with Crippen molar-refractivity contribution in [2.24, 2.45) is 0 Å². The molecule has 0 bridgehead atoms. The molecular formula is C23H20N2O4. The molecule has 0 saturated heterocycles. The molecule has 1 amide bonds. The van der Waals surface area contributed by atoms with E-state index in [-0.39, 0.29) is 25.0 Å². The Balaban J connectivity index is 1.34. The molecule has 1 atom stereocenters. The number of nitrogens with one attached hydrogen (secondary N) is 1. The zero-order valence-corrected chi connectivity index (χ0v) is 15.9. The Morgan fingerprint density at radius 1 is 1.00 bits per heavy atom. The fourth-order valence-electron chi connectivity index (χ4n) is 3.39. The van der Waals surface area contributed by atoms with Gasteiger partial charge >= 0.3 is 5.97 Å². The van der Waals surface area contributed by atoms with E-state index in [1.54, 1.807) is 6.07 Å². The topological polar surface area (TPSA) is 81.4 Å². The second kappa shape index (κ2) is 8.14. The Labute approximate surface area is 167 Å². The van der Waals surface area contributed by atoms with E-state index in [0.29, 0.717) is 11.3 Å². The number of hydrogen-bond acceptors (Lipinski definition) is 5. The van der Waals surface area contributed by atoms with Crippen LogP contribution in [0.3, 0.4) is 0 Å². The molecule has 0 fully saturated rings. The average molecular weight is 388 g/mol. The summed E-state index contributed by atoms with van der Waals surface area (Å²) in [5.41, 5.74) is 2.11. The van der Waals surface area contributed by atoms with E-state index in [1.165, 1.54) is 0 Å². The second-order valence-corrected chi connectivity index (χ2v) is 6.82. The van der Waals surface area contributed by atoms with Gasteiger partial charge in [-0.15, -0.1) is 0 Å². The van der Waals surface area contributed by atoms with Crippen molar-refractivity contribution in [1.82, 2.24) is 10.5 Å². The summed E-state index contributed by atoms with van der Waals surface area (Å²) in [5, 5.41) is 9.74. The number of carbonyl (C=O) groups excluding carboxylic acids is 2. The van der Waals surface area contributed by atoms with Crippen molar-refractivity contribution in [2.75, 3.05) is 6.61 Å². The molecule has 0 aliphatic carbocycles. The van der Waals surface area contributed by atoms with Crippen molar-refractivity contribution in [1.29, 1.82) is 0 Å². The zero-order chi connectivity index (χ0) is 20.2. The summed E-state index contributed by atoms with van der Waals surface area (Å²) < 4.78 is 10.3. The Morgan fingerprint density at radius 2 is 1.72 bits per heavy atom. The van der Waals surface area contributed by atoms with Crippen molar-refractivity contribution >= 4 is 33.6 Å². The molecule has 0 spiro atoms. The van der Waals surface area contributed by atoms with Gasteiger partial charge in [0.15, 0.2) is 12.2 Å². The highest BCUT2D eigenvalue weighted by atomic mass is 16.5. The van der Waals surface area contributed by atoms with Crippen LogP contribution in [0.5, 0.6) is 0 Å². The molecule has 0 aliphatic rings. The number of para-hydroxylation sites is 1. The van der Waals surface area contributed by atoms with E-state index >= 15 is 0 Å². The predicted molar refractivity (Wildman–Crippen MR) is 109 cm³/mol. The number of fused-ring (bicyclic) bond motifs is 2. The third kappa shape index (κ3) is 4.11. The maximum Gasteiger partial charge on any atom is 0.312 e. The third-order valence-electron chi connectivity index (χ3n) is 4.80. The normalized spacial score (nSPS) is 12.0. The number of carbonyl (C=O) groups is 2. The lowest BCUT2D eigenvalue weighted by Gasteiger charge is -2.16. The number of nitrogens with zero attached hydrogens (tertiary/aromatic N) is 1. The third-order valence-corrected chi connectivity index (χ3v) is 4.80. The highest BCUT2D eigenvalue weighted by Crippen LogP contribution is 2.24. The molecule has 0 unspecified atom stereocenters. The molecule has 6 heteroatoms. The average Bonchev–Trinajstić information content (AvgIpc) is 3.14. The van der Waals surface area contributed by atoms with Crippen LogP contribution in [0.25, 0.3) is 21.7 Å². The Hall–Kier alpha value is -3.67. The summed E-state index contributed by atoms with van der Waals surface area (Å²) in [6, 6.07) is 21.0. The summed E-state index contributed by atoms with van der Waals surface area (Å²) >= 11 is 0. The van der Waals surface area contributed by atoms with Crippen LogP contribution in [0, 0.1) is 0 Å². The molecule has 4 aromatic rings. The lowest BCUT2D eigenvalue weighted by molar-refractivity contribution is -0.148. The molecule has 1 N–H and O–H groups in total. The quantitative estimate of drug-likeness (QED) is 0.506. The molecule has 1 aromatic heterocycles.